The van der Waals surface area contributed by atoms with Crippen LogP contribution in [0.1, 0.15) is 24.8 Å². The summed E-state index contributed by atoms with van der Waals surface area (Å²) in [6.07, 6.45) is 4.85. The lowest BCUT2D eigenvalue weighted by Gasteiger charge is -2.25. The largest absolute Gasteiger partial charge is 0.363 e. The van der Waals surface area contributed by atoms with Crippen LogP contribution in [0.25, 0.3) is 10.8 Å². The van der Waals surface area contributed by atoms with E-state index in [0.717, 1.165) is 62.3 Å². The van der Waals surface area contributed by atoms with Crippen molar-refractivity contribution in [2.24, 2.45) is 5.73 Å². The summed E-state index contributed by atoms with van der Waals surface area (Å²) in [7, 11) is 0. The molecule has 0 bridgehead atoms. The molecule has 0 unspecified atom stereocenters. The molecular formula is C24H30BrN5S. The molecule has 0 aliphatic rings. The van der Waals surface area contributed by atoms with Gasteiger partial charge in [-0.2, -0.15) is 0 Å². The van der Waals surface area contributed by atoms with E-state index in [0.29, 0.717) is 5.11 Å². The number of benzene rings is 2. The molecule has 0 amide bonds. The van der Waals surface area contributed by atoms with Gasteiger partial charge in [-0.3, -0.25) is 0 Å². The Labute approximate surface area is 198 Å². The van der Waals surface area contributed by atoms with Crippen molar-refractivity contribution in [2.45, 2.75) is 25.8 Å². The second-order valence-electron chi connectivity index (χ2n) is 7.43. The Bertz CT molecular complexity index is 958. The molecule has 3 rings (SSSR count). The van der Waals surface area contributed by atoms with Crippen LogP contribution >= 0.6 is 28.1 Å². The summed E-state index contributed by atoms with van der Waals surface area (Å²) in [6, 6.07) is 19.1. The predicted molar refractivity (Wildman–Crippen MR) is 138 cm³/mol. The molecule has 7 heteroatoms. The van der Waals surface area contributed by atoms with E-state index in [9.17, 15) is 0 Å². The van der Waals surface area contributed by atoms with E-state index in [-0.39, 0.29) is 0 Å². The molecule has 2 aromatic carbocycles. The number of pyridine rings is 1. The number of nitrogens with two attached hydrogens (primary N) is 1. The molecular weight excluding hydrogens is 470 g/mol. The van der Waals surface area contributed by atoms with Crippen LogP contribution in [-0.4, -0.2) is 36.3 Å². The van der Waals surface area contributed by atoms with Crippen LogP contribution in [0.4, 0.5) is 5.82 Å². The lowest BCUT2D eigenvalue weighted by molar-refractivity contribution is 0.683. The monoisotopic (exact) mass is 499 g/mol. The lowest BCUT2D eigenvalue weighted by atomic mass is 10.0. The van der Waals surface area contributed by atoms with Gasteiger partial charge in [0.05, 0.1) is 0 Å². The van der Waals surface area contributed by atoms with Crippen LogP contribution in [-0.2, 0) is 6.54 Å². The first-order valence-corrected chi connectivity index (χ1v) is 11.9. The summed E-state index contributed by atoms with van der Waals surface area (Å²) >= 11 is 8.85. The molecule has 0 saturated heterocycles. The molecule has 31 heavy (non-hydrogen) atoms. The van der Waals surface area contributed by atoms with Crippen molar-refractivity contribution in [1.82, 2.24) is 15.6 Å². The molecule has 164 valence electrons. The Morgan fingerprint density at radius 1 is 0.968 bits per heavy atom. The van der Waals surface area contributed by atoms with Crippen molar-refractivity contribution in [3.05, 3.63) is 70.8 Å². The van der Waals surface area contributed by atoms with Crippen LogP contribution < -0.4 is 21.3 Å². The van der Waals surface area contributed by atoms with Crippen molar-refractivity contribution in [3.63, 3.8) is 0 Å². The van der Waals surface area contributed by atoms with E-state index in [1.165, 1.54) is 16.3 Å². The minimum Gasteiger partial charge on any atom is -0.363 e. The standard InChI is InChI=1S/C24H30BrN5S/c25-21-11-12-23(29-17-21)30(16-6-15-28-24(31)27-14-4-3-13-26)18-20-9-5-8-19-7-1-2-10-22(19)20/h1-2,5,7-12,17H,3-4,6,13-16,18,26H2,(H2,27,28,31). The van der Waals surface area contributed by atoms with Crippen molar-refractivity contribution in [1.29, 1.82) is 0 Å². The molecule has 5 nitrogen and oxygen atoms in total. The van der Waals surface area contributed by atoms with Gasteiger partial charge in [-0.25, -0.2) is 4.98 Å². The fourth-order valence-corrected chi connectivity index (χ4v) is 3.91. The van der Waals surface area contributed by atoms with Gasteiger partial charge in [0.15, 0.2) is 5.11 Å². The van der Waals surface area contributed by atoms with Gasteiger partial charge in [0, 0.05) is 36.8 Å². The molecule has 0 radical (unpaired) electrons. The zero-order chi connectivity index (χ0) is 21.9. The second kappa shape index (κ2) is 12.6. The highest BCUT2D eigenvalue weighted by Crippen LogP contribution is 2.23. The summed E-state index contributed by atoms with van der Waals surface area (Å²) < 4.78 is 0.981. The number of fused-ring (bicyclic) bond motifs is 1. The first-order valence-electron chi connectivity index (χ1n) is 10.7. The van der Waals surface area contributed by atoms with E-state index >= 15 is 0 Å². The van der Waals surface area contributed by atoms with E-state index in [4.69, 9.17) is 18.0 Å². The average Bonchev–Trinajstić information content (AvgIpc) is 2.79. The number of anilines is 1. The van der Waals surface area contributed by atoms with Gasteiger partial charge >= 0.3 is 0 Å². The Hall–Kier alpha value is -2.22. The molecule has 4 N–H and O–H groups in total. The fourth-order valence-electron chi connectivity index (χ4n) is 3.47. The third-order valence-corrected chi connectivity index (χ3v) is 5.84. The van der Waals surface area contributed by atoms with Crippen LogP contribution in [0, 0.1) is 0 Å². The molecule has 0 aliphatic carbocycles. The summed E-state index contributed by atoms with van der Waals surface area (Å²) in [5.74, 6) is 0.971. The van der Waals surface area contributed by atoms with Crippen molar-refractivity contribution < 1.29 is 0 Å². The second-order valence-corrected chi connectivity index (χ2v) is 8.75. The number of aromatic nitrogens is 1. The summed E-state index contributed by atoms with van der Waals surface area (Å²) in [6.45, 7) is 4.07. The maximum atomic E-state index is 5.53. The van der Waals surface area contributed by atoms with Crippen LogP contribution in [0.15, 0.2) is 65.3 Å². The van der Waals surface area contributed by atoms with Gasteiger partial charge in [0.1, 0.15) is 5.82 Å². The van der Waals surface area contributed by atoms with Crippen LogP contribution in [0.5, 0.6) is 0 Å². The Balaban J connectivity index is 1.61. The van der Waals surface area contributed by atoms with Crippen LogP contribution in [0.3, 0.4) is 0 Å². The molecule has 1 heterocycles. The predicted octanol–water partition coefficient (Wildman–Crippen LogP) is 4.60. The van der Waals surface area contributed by atoms with Crippen molar-refractivity contribution in [3.8, 4) is 0 Å². The summed E-state index contributed by atoms with van der Waals surface area (Å²) in [5.41, 5.74) is 6.82. The van der Waals surface area contributed by atoms with Gasteiger partial charge in [-0.15, -0.1) is 0 Å². The van der Waals surface area contributed by atoms with E-state index in [1.807, 2.05) is 12.3 Å². The highest BCUT2D eigenvalue weighted by atomic mass is 79.9. The number of halogens is 1. The SMILES string of the molecule is NCCCCNC(=S)NCCCN(Cc1cccc2ccccc12)c1ccc(Br)cn1. The minimum absolute atomic E-state index is 0.708. The van der Waals surface area contributed by atoms with Crippen molar-refractivity contribution in [2.75, 3.05) is 31.1 Å². The van der Waals surface area contributed by atoms with Gasteiger partial charge in [-0.05, 0) is 82.4 Å². The zero-order valence-corrected chi connectivity index (χ0v) is 20.1. The number of nitrogens with one attached hydrogen (secondary N) is 2. The van der Waals surface area contributed by atoms with Crippen LogP contribution in [0.2, 0.25) is 0 Å². The lowest BCUT2D eigenvalue weighted by Crippen LogP contribution is -2.37. The topological polar surface area (TPSA) is 66.2 Å². The first-order chi connectivity index (χ1) is 15.2. The van der Waals surface area contributed by atoms with Gasteiger partial charge in [-0.1, -0.05) is 42.5 Å². The third-order valence-electron chi connectivity index (χ3n) is 5.08. The smallest absolute Gasteiger partial charge is 0.166 e. The molecule has 1 aromatic heterocycles. The quantitative estimate of drug-likeness (QED) is 0.264. The number of hydrogen-bond acceptors (Lipinski definition) is 4. The molecule has 0 spiro atoms. The van der Waals surface area contributed by atoms with E-state index in [1.54, 1.807) is 0 Å². The molecule has 0 aliphatic heterocycles. The highest BCUT2D eigenvalue weighted by molar-refractivity contribution is 9.10. The molecule has 0 fully saturated rings. The minimum atomic E-state index is 0.708. The van der Waals surface area contributed by atoms with E-state index < -0.39 is 0 Å². The highest BCUT2D eigenvalue weighted by Gasteiger charge is 2.11. The zero-order valence-electron chi connectivity index (χ0n) is 17.7. The number of hydrogen-bond donors (Lipinski definition) is 3. The maximum Gasteiger partial charge on any atom is 0.166 e. The normalized spacial score (nSPS) is 10.8. The Kier molecular flexibility index (Phi) is 9.52. The van der Waals surface area contributed by atoms with E-state index in [2.05, 4.69) is 85.0 Å². The Morgan fingerprint density at radius 3 is 2.52 bits per heavy atom. The summed E-state index contributed by atoms with van der Waals surface area (Å²) in [5, 5.41) is 9.79. The molecule has 0 atom stereocenters. The molecule has 3 aromatic rings. The van der Waals surface area contributed by atoms with Crippen molar-refractivity contribution >= 4 is 49.9 Å². The number of unbranched alkanes of at least 4 members (excludes halogenated alkanes) is 1. The number of nitrogens with zero attached hydrogens (tertiary/aromatic N) is 2. The maximum absolute atomic E-state index is 5.53. The third kappa shape index (κ3) is 7.45. The fraction of sp³-hybridized carbons (Fsp3) is 0.333. The molecule has 0 saturated carbocycles. The first kappa shape index (κ1) is 23.4. The Morgan fingerprint density at radius 2 is 1.74 bits per heavy atom. The number of rotatable bonds is 11. The van der Waals surface area contributed by atoms with Gasteiger partial charge < -0.3 is 21.3 Å². The average molecular weight is 501 g/mol. The number of thiocarbonyl (C=S) groups is 1. The summed E-state index contributed by atoms with van der Waals surface area (Å²) in [4.78, 5) is 6.96. The van der Waals surface area contributed by atoms with Gasteiger partial charge in [0.2, 0.25) is 0 Å². The van der Waals surface area contributed by atoms with Gasteiger partial charge in [0.25, 0.3) is 0 Å².